The lowest BCUT2D eigenvalue weighted by atomic mass is 9.97. The number of aliphatic carboxylic acids is 1. The van der Waals surface area contributed by atoms with Crippen molar-refractivity contribution in [1.82, 2.24) is 10.2 Å². The van der Waals surface area contributed by atoms with Gasteiger partial charge in [-0.1, -0.05) is 0 Å². The zero-order valence-corrected chi connectivity index (χ0v) is 15.5. The molecule has 1 aromatic carbocycles. The second kappa shape index (κ2) is 9.34. The molecule has 8 heteroatoms. The Hall–Kier alpha value is -2.64. The van der Waals surface area contributed by atoms with Gasteiger partial charge in [0.15, 0.2) is 12.6 Å². The number of piperidine rings is 1. The standard InChI is InChI=1S/C19H25FN2O5/c1-12-4-3-5-13(2)22(12)17(23)11-27-15-8-6-14(7-9-15)18(24)21-16(10-20)19(25)26/h6-9,12-13,16H,3-5,10-11H2,1-2H3,(H,21,24)(H,25,26). The van der Waals surface area contributed by atoms with Crippen LogP contribution in [0.15, 0.2) is 24.3 Å². The van der Waals surface area contributed by atoms with Crippen molar-refractivity contribution < 1.29 is 28.6 Å². The largest absolute Gasteiger partial charge is 0.484 e. The lowest BCUT2D eigenvalue weighted by molar-refractivity contribution is -0.140. The SMILES string of the molecule is CC1CCCC(C)N1C(=O)COc1ccc(C(=O)NC(CF)C(=O)O)cc1. The van der Waals surface area contributed by atoms with Gasteiger partial charge < -0.3 is 20.1 Å². The molecule has 0 spiro atoms. The summed E-state index contributed by atoms with van der Waals surface area (Å²) in [4.78, 5) is 37.0. The average molecular weight is 380 g/mol. The number of carbonyl (C=O) groups excluding carboxylic acids is 2. The molecule has 1 saturated heterocycles. The predicted molar refractivity (Wildman–Crippen MR) is 96.4 cm³/mol. The van der Waals surface area contributed by atoms with Crippen molar-refractivity contribution in [3.63, 3.8) is 0 Å². The Morgan fingerprint density at radius 2 is 1.81 bits per heavy atom. The van der Waals surface area contributed by atoms with Gasteiger partial charge in [0, 0.05) is 17.6 Å². The van der Waals surface area contributed by atoms with Crippen LogP contribution >= 0.6 is 0 Å². The maximum absolute atomic E-state index is 12.6. The molecule has 1 aromatic rings. The zero-order valence-electron chi connectivity index (χ0n) is 15.5. The van der Waals surface area contributed by atoms with E-state index in [0.717, 1.165) is 19.3 Å². The van der Waals surface area contributed by atoms with Crippen molar-refractivity contribution in [3.05, 3.63) is 29.8 Å². The van der Waals surface area contributed by atoms with Gasteiger partial charge in [-0.15, -0.1) is 0 Å². The molecule has 148 valence electrons. The lowest BCUT2D eigenvalue weighted by Gasteiger charge is -2.38. The van der Waals surface area contributed by atoms with E-state index in [1.54, 1.807) is 0 Å². The van der Waals surface area contributed by atoms with Gasteiger partial charge in [-0.25, -0.2) is 9.18 Å². The maximum Gasteiger partial charge on any atom is 0.328 e. The van der Waals surface area contributed by atoms with Crippen molar-refractivity contribution in [1.29, 1.82) is 0 Å². The fraction of sp³-hybridized carbons (Fsp3) is 0.526. The van der Waals surface area contributed by atoms with Crippen LogP contribution in [0.1, 0.15) is 43.5 Å². The summed E-state index contributed by atoms with van der Waals surface area (Å²) >= 11 is 0. The number of nitrogens with zero attached hydrogens (tertiary/aromatic N) is 1. The Morgan fingerprint density at radius 3 is 2.33 bits per heavy atom. The zero-order chi connectivity index (χ0) is 20.0. The first-order valence-electron chi connectivity index (χ1n) is 8.97. The normalized spacial score (nSPS) is 20.6. The van der Waals surface area contributed by atoms with Crippen molar-refractivity contribution >= 4 is 17.8 Å². The minimum absolute atomic E-state index is 0.0798. The highest BCUT2D eigenvalue weighted by atomic mass is 19.1. The number of ether oxygens (including phenoxy) is 1. The molecular weight excluding hydrogens is 355 g/mol. The Balaban J connectivity index is 1.90. The summed E-state index contributed by atoms with van der Waals surface area (Å²) < 4.78 is 18.1. The molecule has 0 saturated carbocycles. The van der Waals surface area contributed by atoms with Gasteiger partial charge in [0.1, 0.15) is 12.4 Å². The number of carboxylic acids is 1. The van der Waals surface area contributed by atoms with Crippen LogP contribution in [0.5, 0.6) is 5.75 Å². The number of nitrogens with one attached hydrogen (secondary N) is 1. The third-order valence-corrected chi connectivity index (χ3v) is 4.72. The molecule has 0 radical (unpaired) electrons. The number of rotatable bonds is 7. The first-order chi connectivity index (χ1) is 12.8. The summed E-state index contributed by atoms with van der Waals surface area (Å²) in [5.74, 6) is -1.80. The highest BCUT2D eigenvalue weighted by Crippen LogP contribution is 2.23. The van der Waals surface area contributed by atoms with Gasteiger partial charge in [0.05, 0.1) is 0 Å². The van der Waals surface area contributed by atoms with Crippen LogP contribution < -0.4 is 10.1 Å². The van der Waals surface area contributed by atoms with E-state index in [4.69, 9.17) is 9.84 Å². The minimum atomic E-state index is -1.58. The molecule has 7 nitrogen and oxygen atoms in total. The smallest absolute Gasteiger partial charge is 0.328 e. The maximum atomic E-state index is 12.6. The number of hydrogen-bond acceptors (Lipinski definition) is 4. The van der Waals surface area contributed by atoms with E-state index in [1.165, 1.54) is 24.3 Å². The van der Waals surface area contributed by atoms with E-state index >= 15 is 0 Å². The number of hydrogen-bond donors (Lipinski definition) is 2. The van der Waals surface area contributed by atoms with Gasteiger partial charge in [0.25, 0.3) is 11.8 Å². The topological polar surface area (TPSA) is 95.9 Å². The number of carboxylic acid groups (broad SMARTS) is 1. The van der Waals surface area contributed by atoms with Crippen LogP contribution in [0, 0.1) is 0 Å². The van der Waals surface area contributed by atoms with Crippen molar-refractivity contribution in [2.75, 3.05) is 13.3 Å². The Kier molecular flexibility index (Phi) is 7.15. The lowest BCUT2D eigenvalue weighted by Crippen LogP contribution is -2.49. The summed E-state index contributed by atoms with van der Waals surface area (Å²) in [6.07, 6.45) is 3.08. The first-order valence-corrected chi connectivity index (χ1v) is 8.97. The summed E-state index contributed by atoms with van der Waals surface area (Å²) in [6, 6.07) is 4.67. The van der Waals surface area contributed by atoms with E-state index < -0.39 is 24.6 Å². The molecule has 1 aliphatic heterocycles. The molecule has 1 heterocycles. The molecular formula is C19H25FN2O5. The van der Waals surface area contributed by atoms with Gasteiger partial charge in [-0.05, 0) is 57.4 Å². The third kappa shape index (κ3) is 5.42. The van der Waals surface area contributed by atoms with Gasteiger partial charge >= 0.3 is 5.97 Å². The monoisotopic (exact) mass is 380 g/mol. The first kappa shape index (κ1) is 20.7. The van der Waals surface area contributed by atoms with Gasteiger partial charge in [0.2, 0.25) is 0 Å². The third-order valence-electron chi connectivity index (χ3n) is 4.72. The summed E-state index contributed by atoms with van der Waals surface area (Å²) in [5, 5.41) is 10.9. The quantitative estimate of drug-likeness (QED) is 0.754. The van der Waals surface area contributed by atoms with Crippen molar-refractivity contribution in [2.45, 2.75) is 51.2 Å². The van der Waals surface area contributed by atoms with Crippen LogP contribution in [0.4, 0.5) is 4.39 Å². The number of alkyl halides is 1. The van der Waals surface area contributed by atoms with E-state index in [1.807, 2.05) is 18.7 Å². The average Bonchev–Trinajstić information content (AvgIpc) is 2.64. The predicted octanol–water partition coefficient (Wildman–Crippen LogP) is 2.01. The Morgan fingerprint density at radius 1 is 1.22 bits per heavy atom. The van der Waals surface area contributed by atoms with Crippen LogP contribution in [-0.4, -0.2) is 59.2 Å². The Bertz CT molecular complexity index is 669. The second-order valence-corrected chi connectivity index (χ2v) is 6.76. The number of amides is 2. The number of likely N-dealkylation sites (tertiary alicyclic amines) is 1. The summed E-state index contributed by atoms with van der Waals surface area (Å²) in [5.41, 5.74) is 0.173. The highest BCUT2D eigenvalue weighted by Gasteiger charge is 2.29. The second-order valence-electron chi connectivity index (χ2n) is 6.76. The van der Waals surface area contributed by atoms with Crippen molar-refractivity contribution in [2.24, 2.45) is 0 Å². The molecule has 27 heavy (non-hydrogen) atoms. The van der Waals surface area contributed by atoms with Crippen LogP contribution in [0.2, 0.25) is 0 Å². The molecule has 1 aliphatic rings. The fourth-order valence-corrected chi connectivity index (χ4v) is 3.24. The van der Waals surface area contributed by atoms with E-state index in [9.17, 15) is 18.8 Å². The molecule has 2 N–H and O–H groups in total. The molecule has 3 atom stereocenters. The molecule has 1 fully saturated rings. The van der Waals surface area contributed by atoms with Gasteiger partial charge in [-0.3, -0.25) is 9.59 Å². The number of benzene rings is 1. The minimum Gasteiger partial charge on any atom is -0.484 e. The van der Waals surface area contributed by atoms with E-state index in [0.29, 0.717) is 5.75 Å². The molecule has 0 aliphatic carbocycles. The van der Waals surface area contributed by atoms with Crippen LogP contribution in [0.3, 0.4) is 0 Å². The highest BCUT2D eigenvalue weighted by molar-refractivity contribution is 5.96. The van der Waals surface area contributed by atoms with E-state index in [2.05, 4.69) is 5.32 Å². The molecule has 2 amide bonds. The van der Waals surface area contributed by atoms with Crippen LogP contribution in [-0.2, 0) is 9.59 Å². The van der Waals surface area contributed by atoms with E-state index in [-0.39, 0.29) is 30.2 Å². The number of carbonyl (C=O) groups is 3. The molecule has 0 bridgehead atoms. The Labute approximate surface area is 157 Å². The van der Waals surface area contributed by atoms with Crippen molar-refractivity contribution in [3.8, 4) is 5.75 Å². The summed E-state index contributed by atoms with van der Waals surface area (Å²) in [7, 11) is 0. The molecule has 0 aromatic heterocycles. The van der Waals surface area contributed by atoms with Gasteiger partial charge in [-0.2, -0.15) is 0 Å². The molecule has 3 unspecified atom stereocenters. The molecule has 2 rings (SSSR count). The van der Waals surface area contributed by atoms with Crippen LogP contribution in [0.25, 0.3) is 0 Å². The number of halogens is 1. The summed E-state index contributed by atoms with van der Waals surface area (Å²) in [6.45, 7) is 2.77. The fourth-order valence-electron chi connectivity index (χ4n) is 3.24.